The van der Waals surface area contributed by atoms with Gasteiger partial charge in [0.15, 0.2) is 5.60 Å². The molecule has 7 heteroatoms. The van der Waals surface area contributed by atoms with Crippen molar-refractivity contribution in [3.05, 3.63) is 75.8 Å². The number of rotatable bonds is 5. The molecule has 3 N–H and O–H groups in total. The van der Waals surface area contributed by atoms with Gasteiger partial charge in [-0.1, -0.05) is 25.0 Å². The zero-order chi connectivity index (χ0) is 25.7. The van der Waals surface area contributed by atoms with E-state index in [9.17, 15) is 9.59 Å². The van der Waals surface area contributed by atoms with Crippen LogP contribution in [0.4, 0.5) is 0 Å². The summed E-state index contributed by atoms with van der Waals surface area (Å²) in [5.41, 5.74) is 6.45. The Morgan fingerprint density at radius 2 is 2.00 bits per heavy atom. The number of fused-ring (bicyclic) bond motifs is 2. The number of hydrogen-bond acceptors (Lipinski definition) is 7. The van der Waals surface area contributed by atoms with Crippen molar-refractivity contribution in [2.24, 2.45) is 11.1 Å². The minimum atomic E-state index is -1.00. The van der Waals surface area contributed by atoms with E-state index in [-0.39, 0.29) is 12.1 Å². The summed E-state index contributed by atoms with van der Waals surface area (Å²) in [7, 11) is 0. The molecule has 3 heterocycles. The number of benzene rings is 1. The van der Waals surface area contributed by atoms with E-state index in [1.165, 1.54) is 6.07 Å². The molecule has 1 aromatic heterocycles. The average Bonchev–Trinajstić information content (AvgIpc) is 3.49. The molecule has 2 aromatic rings. The number of carbonyl (C=O) groups excluding carboxylic acids is 1. The lowest BCUT2D eigenvalue weighted by molar-refractivity contribution is -0.195. The molecule has 2 atom stereocenters. The molecule has 2 aliphatic heterocycles. The molecule has 0 bridgehead atoms. The van der Waals surface area contributed by atoms with E-state index in [2.05, 4.69) is 11.4 Å². The lowest BCUT2D eigenvalue weighted by Crippen LogP contribution is -2.66. The van der Waals surface area contributed by atoms with E-state index in [0.717, 1.165) is 42.2 Å². The highest BCUT2D eigenvalue weighted by Gasteiger charge is 2.67. The Bertz CT molecular complexity index is 1360. The van der Waals surface area contributed by atoms with Crippen LogP contribution in [0.1, 0.15) is 58.9 Å². The predicted molar refractivity (Wildman–Crippen MR) is 138 cm³/mol. The number of carbonyl (C=O) groups is 1. The van der Waals surface area contributed by atoms with Crippen LogP contribution in [0.15, 0.2) is 69.1 Å². The van der Waals surface area contributed by atoms with Crippen LogP contribution in [0.5, 0.6) is 5.75 Å². The number of dihydropyridines is 1. The first-order valence-electron chi connectivity index (χ1n) is 12.6. The molecule has 7 nitrogen and oxygen atoms in total. The second-order valence-electron chi connectivity index (χ2n) is 10.7. The minimum absolute atomic E-state index is 0.249. The summed E-state index contributed by atoms with van der Waals surface area (Å²) in [4.78, 5) is 24.9. The maximum atomic E-state index is 13.1. The summed E-state index contributed by atoms with van der Waals surface area (Å²) in [6.45, 7) is 7.48. The van der Waals surface area contributed by atoms with Crippen molar-refractivity contribution in [1.82, 2.24) is 5.32 Å². The summed E-state index contributed by atoms with van der Waals surface area (Å²) in [6, 6.07) is 7.01. The third kappa shape index (κ3) is 3.68. The second kappa shape index (κ2) is 8.66. The summed E-state index contributed by atoms with van der Waals surface area (Å²) >= 11 is 0. The molecule has 1 unspecified atom stereocenters. The molecule has 0 amide bonds. The van der Waals surface area contributed by atoms with Gasteiger partial charge in [0.1, 0.15) is 16.9 Å². The zero-order valence-electron chi connectivity index (χ0n) is 21.4. The Balaban J connectivity index is 1.69. The van der Waals surface area contributed by atoms with Gasteiger partial charge in [0, 0.05) is 41.1 Å². The molecule has 0 radical (unpaired) electrons. The Morgan fingerprint density at radius 3 is 2.67 bits per heavy atom. The fourth-order valence-corrected chi connectivity index (χ4v) is 6.26. The Labute approximate surface area is 211 Å². The van der Waals surface area contributed by atoms with Gasteiger partial charge in [-0.05, 0) is 69.9 Å². The minimum Gasteiger partial charge on any atom is -0.481 e. The van der Waals surface area contributed by atoms with E-state index in [4.69, 9.17) is 19.6 Å². The van der Waals surface area contributed by atoms with Crippen molar-refractivity contribution in [2.75, 3.05) is 0 Å². The van der Waals surface area contributed by atoms with Crippen molar-refractivity contribution in [2.45, 2.75) is 77.2 Å². The maximum Gasteiger partial charge on any atom is 0.336 e. The van der Waals surface area contributed by atoms with Gasteiger partial charge in [0.2, 0.25) is 0 Å². The SMILES string of the molecule is C/C=C(\C)C(=O)OC(C)(C)[C@]1(C2(C3=CNC(N)C=C3)CCCC2)Cc2cc3ccc(=O)oc3cc2O1. The monoisotopic (exact) mass is 490 g/mol. The summed E-state index contributed by atoms with van der Waals surface area (Å²) in [5, 5.41) is 4.09. The number of esters is 1. The fourth-order valence-electron chi connectivity index (χ4n) is 6.26. The number of nitrogens with two attached hydrogens (primary N) is 1. The van der Waals surface area contributed by atoms with Crippen LogP contribution in [-0.4, -0.2) is 23.3 Å². The van der Waals surface area contributed by atoms with E-state index >= 15 is 0 Å². The summed E-state index contributed by atoms with van der Waals surface area (Å²) in [5.74, 6) is 0.291. The highest BCUT2D eigenvalue weighted by atomic mass is 16.6. The number of allylic oxidation sites excluding steroid dienone is 2. The van der Waals surface area contributed by atoms with Gasteiger partial charge < -0.3 is 24.9 Å². The first kappa shape index (κ1) is 24.4. The largest absolute Gasteiger partial charge is 0.481 e. The van der Waals surface area contributed by atoms with Crippen LogP contribution in [-0.2, 0) is 16.0 Å². The van der Waals surface area contributed by atoms with E-state index in [1.54, 1.807) is 25.1 Å². The third-order valence-corrected chi connectivity index (χ3v) is 8.30. The average molecular weight is 491 g/mol. The third-order valence-electron chi connectivity index (χ3n) is 8.30. The molecule has 1 saturated carbocycles. The van der Waals surface area contributed by atoms with Crippen LogP contribution in [0.2, 0.25) is 0 Å². The van der Waals surface area contributed by atoms with Crippen LogP contribution < -0.4 is 21.4 Å². The lowest BCUT2D eigenvalue weighted by atomic mass is 9.58. The number of nitrogens with one attached hydrogen (secondary N) is 1. The summed E-state index contributed by atoms with van der Waals surface area (Å²) in [6.07, 6.45) is 11.9. The van der Waals surface area contributed by atoms with Crippen molar-refractivity contribution >= 4 is 16.9 Å². The number of ether oxygens (including phenoxy) is 2. The zero-order valence-corrected chi connectivity index (χ0v) is 21.4. The Kier molecular flexibility index (Phi) is 5.86. The lowest BCUT2D eigenvalue weighted by Gasteiger charge is -2.54. The van der Waals surface area contributed by atoms with Gasteiger partial charge in [0.05, 0.1) is 6.17 Å². The smallest absolute Gasteiger partial charge is 0.336 e. The highest BCUT2D eigenvalue weighted by Crippen LogP contribution is 2.62. The normalized spacial score (nSPS) is 25.2. The van der Waals surface area contributed by atoms with Crippen molar-refractivity contribution in [1.29, 1.82) is 0 Å². The first-order chi connectivity index (χ1) is 17.1. The molecule has 1 aromatic carbocycles. The molecule has 0 spiro atoms. The van der Waals surface area contributed by atoms with Crippen LogP contribution >= 0.6 is 0 Å². The molecule has 1 fully saturated rings. The quantitative estimate of drug-likeness (QED) is 0.357. The van der Waals surface area contributed by atoms with Gasteiger partial charge in [-0.3, -0.25) is 0 Å². The number of hydrogen-bond donors (Lipinski definition) is 2. The Morgan fingerprint density at radius 1 is 1.25 bits per heavy atom. The molecule has 3 aliphatic rings. The maximum absolute atomic E-state index is 13.1. The van der Waals surface area contributed by atoms with Crippen molar-refractivity contribution in [3.63, 3.8) is 0 Å². The van der Waals surface area contributed by atoms with E-state index < -0.39 is 22.2 Å². The van der Waals surface area contributed by atoms with Gasteiger partial charge in [-0.2, -0.15) is 0 Å². The molecule has 5 rings (SSSR count). The standard InChI is InChI=1S/C29H34N2O5/c1-5-18(2)26(33)36-27(3,4)29(28(12-6-7-13-28)21-9-10-24(30)31-17-21)16-20-14-19-8-11-25(32)34-22(19)15-23(20)35-29/h5,8-11,14-15,17,24,31H,6-7,12-13,16,30H2,1-4H3/b18-5+/t24?,29-/m0/s1. The van der Waals surface area contributed by atoms with Crippen LogP contribution in [0.3, 0.4) is 0 Å². The molecule has 1 aliphatic carbocycles. The van der Waals surface area contributed by atoms with Gasteiger partial charge >= 0.3 is 11.6 Å². The van der Waals surface area contributed by atoms with Gasteiger partial charge in [-0.25, -0.2) is 9.59 Å². The van der Waals surface area contributed by atoms with Gasteiger partial charge in [-0.15, -0.1) is 0 Å². The topological polar surface area (TPSA) is 104 Å². The van der Waals surface area contributed by atoms with Crippen LogP contribution in [0, 0.1) is 5.41 Å². The van der Waals surface area contributed by atoms with E-state index in [0.29, 0.717) is 23.3 Å². The van der Waals surface area contributed by atoms with Crippen LogP contribution in [0.25, 0.3) is 11.0 Å². The molecule has 190 valence electrons. The predicted octanol–water partition coefficient (Wildman–Crippen LogP) is 4.64. The summed E-state index contributed by atoms with van der Waals surface area (Å²) < 4.78 is 18.7. The van der Waals surface area contributed by atoms with E-state index in [1.807, 2.05) is 39.1 Å². The molecule has 0 saturated heterocycles. The molecular formula is C29H34N2O5. The first-order valence-corrected chi connectivity index (χ1v) is 12.6. The van der Waals surface area contributed by atoms with Crippen molar-refractivity contribution in [3.8, 4) is 5.75 Å². The van der Waals surface area contributed by atoms with Gasteiger partial charge in [0.25, 0.3) is 0 Å². The Hall–Kier alpha value is -3.32. The highest BCUT2D eigenvalue weighted by molar-refractivity contribution is 5.88. The fraction of sp³-hybridized carbons (Fsp3) is 0.448. The second-order valence-corrected chi connectivity index (χ2v) is 10.7. The van der Waals surface area contributed by atoms with Crippen molar-refractivity contribution < 1.29 is 18.7 Å². The molecular weight excluding hydrogens is 456 g/mol. The molecule has 36 heavy (non-hydrogen) atoms.